The Balaban J connectivity index is 0.000000105. The van der Waals surface area contributed by atoms with E-state index in [9.17, 15) is 0 Å². The fraction of sp³-hybridized carbons (Fsp3) is 0. The molecule has 0 saturated carbocycles. The molecule has 0 fully saturated rings. The zero-order chi connectivity index (χ0) is 84.3. The summed E-state index contributed by atoms with van der Waals surface area (Å²) in [5.74, 6) is 3.29. The minimum Gasteiger partial charge on any atom is -0.455 e. The number of nitrogens with zero attached hydrogens (tertiary/aromatic N) is 9. The van der Waals surface area contributed by atoms with Crippen molar-refractivity contribution in [2.75, 3.05) is 0 Å². The van der Waals surface area contributed by atoms with Crippen molar-refractivity contribution in [1.82, 2.24) is 43.6 Å². The van der Waals surface area contributed by atoms with Gasteiger partial charge >= 0.3 is 0 Å². The van der Waals surface area contributed by atoms with E-state index in [0.29, 0.717) is 5.95 Å². The smallest absolute Gasteiger partial charge is 0.235 e. The third kappa shape index (κ3) is 12.1. The van der Waals surface area contributed by atoms with Gasteiger partial charge in [-0.05, 0) is 119 Å². The highest BCUT2D eigenvalue weighted by molar-refractivity contribution is 6.26. The second kappa shape index (κ2) is 30.2. The van der Waals surface area contributed by atoms with Crippen molar-refractivity contribution in [2.24, 2.45) is 0 Å². The zero-order valence-corrected chi connectivity index (χ0v) is 68.7. The van der Waals surface area contributed by atoms with Gasteiger partial charge < -0.3 is 22.4 Å². The van der Waals surface area contributed by atoms with E-state index in [4.69, 9.17) is 33.2 Å². The number of benzene rings is 16. The standard InChI is InChI=1S/C44H27N3O.C38H23N3O.C34H21N3O/c1-3-11-28(12-4-1)39-36-22-23-38-40(44(36)48-43(39)30-13-5-2-6-14-30)35-18-7-8-19-37(35)47(38)34-17-9-15-31(26-34)33-25-32-21-20-29-16-10-24-45-41(29)42(32)46-27-33;1-3-10-24(11-4-1)33-30-19-20-32-34(38(30)42-37(33)26-12-5-2-6-13-26)29-15-7-8-16-31(29)41(32)28-22-27-18-17-25-14-9-21-39-35(25)36(27)40-23-28;1-3-11-22(12-4-1)30-26-19-20-29-31(33(26)38-32(30)23-13-5-2-6-14-23)25-16-8-10-18-28(25)37(29)34-35-21-24-15-7-9-17-27(24)36-34/h1-27H;1-23H;1-21H. The van der Waals surface area contributed by atoms with Gasteiger partial charge in [-0.1, -0.05) is 303 Å². The maximum Gasteiger partial charge on any atom is 0.235 e. The minimum absolute atomic E-state index is 0.646. The molecule has 0 unspecified atom stereocenters. The van der Waals surface area contributed by atoms with Crippen LogP contribution in [0.5, 0.6) is 0 Å². The lowest BCUT2D eigenvalue weighted by Crippen LogP contribution is -2.00. The maximum absolute atomic E-state index is 6.95. The van der Waals surface area contributed by atoms with E-state index in [2.05, 4.69) is 363 Å². The molecular weight excluding hydrogens is 1570 g/mol. The van der Waals surface area contributed by atoms with Crippen molar-refractivity contribution in [1.29, 1.82) is 0 Å². The molecule has 0 radical (unpaired) electrons. The second-order valence-corrected chi connectivity index (χ2v) is 32.3. The van der Waals surface area contributed by atoms with Crippen LogP contribution >= 0.6 is 0 Å². The minimum atomic E-state index is 0.646. The predicted molar refractivity (Wildman–Crippen MR) is 524 cm³/mol. The molecule has 11 heterocycles. The summed E-state index contributed by atoms with van der Waals surface area (Å²) < 4.78 is 27.5. The van der Waals surface area contributed by atoms with E-state index in [1.54, 1.807) is 0 Å². The summed E-state index contributed by atoms with van der Waals surface area (Å²) in [7, 11) is 0. The van der Waals surface area contributed by atoms with Crippen molar-refractivity contribution in [2.45, 2.75) is 0 Å². The molecule has 0 bridgehead atoms. The molecule has 0 aliphatic carbocycles. The number of hydrogen-bond acceptors (Lipinski definition) is 9. The summed E-state index contributed by atoms with van der Waals surface area (Å²) in [6.45, 7) is 0. The van der Waals surface area contributed by atoms with Gasteiger partial charge in [0.25, 0.3) is 0 Å². The Bertz CT molecular complexity index is 9070. The summed E-state index contributed by atoms with van der Waals surface area (Å²) >= 11 is 0. The molecule has 0 N–H and O–H groups in total. The molecule has 27 aromatic rings. The topological polar surface area (TPSA) is 132 Å². The number of furan rings is 3. The van der Waals surface area contributed by atoms with E-state index < -0.39 is 0 Å². The van der Waals surface area contributed by atoms with Crippen LogP contribution in [0.2, 0.25) is 0 Å². The fourth-order valence-corrected chi connectivity index (χ4v) is 19.3. The number of hydrogen-bond donors (Lipinski definition) is 0. The van der Waals surface area contributed by atoms with Crippen molar-refractivity contribution in [3.8, 4) is 95.8 Å². The van der Waals surface area contributed by atoms with Crippen molar-refractivity contribution in [3.05, 3.63) is 431 Å². The molecule has 0 spiro atoms. The lowest BCUT2D eigenvalue weighted by molar-refractivity contribution is 0.635. The Morgan fingerprint density at radius 1 is 0.203 bits per heavy atom. The molecule has 16 aromatic carbocycles. The van der Waals surface area contributed by atoms with Gasteiger partial charge in [0.05, 0.1) is 88.7 Å². The first-order valence-electron chi connectivity index (χ1n) is 42.9. The van der Waals surface area contributed by atoms with Crippen LogP contribution in [-0.2, 0) is 0 Å². The number of para-hydroxylation sites is 4. The van der Waals surface area contributed by atoms with Crippen LogP contribution in [0.15, 0.2) is 445 Å². The third-order valence-corrected chi connectivity index (χ3v) is 25.0. The van der Waals surface area contributed by atoms with E-state index in [1.165, 1.54) is 0 Å². The number of aromatic nitrogens is 9. The molecule has 27 rings (SSSR count). The molecule has 598 valence electrons. The van der Waals surface area contributed by atoms with Crippen molar-refractivity contribution >= 4 is 153 Å². The quantitative estimate of drug-likeness (QED) is 0.123. The van der Waals surface area contributed by atoms with E-state index in [0.717, 1.165) is 243 Å². The lowest BCUT2D eigenvalue weighted by Gasteiger charge is -2.11. The van der Waals surface area contributed by atoms with Crippen LogP contribution in [0.1, 0.15) is 0 Å². The second-order valence-electron chi connectivity index (χ2n) is 32.3. The largest absolute Gasteiger partial charge is 0.455 e. The third-order valence-electron chi connectivity index (χ3n) is 25.0. The summed E-state index contributed by atoms with van der Waals surface area (Å²) in [4.78, 5) is 28.8. The van der Waals surface area contributed by atoms with Crippen LogP contribution in [0.4, 0.5) is 0 Å². The first-order chi connectivity index (χ1) is 63.5. The molecule has 11 aromatic heterocycles. The Kier molecular flexibility index (Phi) is 17.3. The number of rotatable bonds is 10. The molecule has 0 saturated heterocycles. The van der Waals surface area contributed by atoms with Crippen LogP contribution in [0, 0.1) is 0 Å². The van der Waals surface area contributed by atoms with Crippen LogP contribution in [0.3, 0.4) is 0 Å². The van der Waals surface area contributed by atoms with Crippen molar-refractivity contribution in [3.63, 3.8) is 0 Å². The van der Waals surface area contributed by atoms with Crippen molar-refractivity contribution < 1.29 is 13.3 Å². The van der Waals surface area contributed by atoms with Crippen LogP contribution < -0.4 is 0 Å². The molecule has 128 heavy (non-hydrogen) atoms. The summed E-state index contributed by atoms with van der Waals surface area (Å²) in [6, 6.07) is 139. The summed E-state index contributed by atoms with van der Waals surface area (Å²) in [5, 5.41) is 15.3. The highest BCUT2D eigenvalue weighted by atomic mass is 16.3. The molecule has 12 heteroatoms. The summed E-state index contributed by atoms with van der Waals surface area (Å²) in [5.41, 5.74) is 27.9. The van der Waals surface area contributed by atoms with Gasteiger partial charge in [0.2, 0.25) is 5.95 Å². The average Bonchev–Trinajstić information content (AvgIpc) is 1.56. The molecular formula is C116H71N9O3. The Labute approximate surface area is 732 Å². The van der Waals surface area contributed by atoms with Gasteiger partial charge in [0.15, 0.2) is 0 Å². The van der Waals surface area contributed by atoms with Gasteiger partial charge in [0, 0.05) is 129 Å². The van der Waals surface area contributed by atoms with Gasteiger partial charge in [-0.25, -0.2) is 9.97 Å². The van der Waals surface area contributed by atoms with E-state index in [-0.39, 0.29) is 0 Å². The van der Waals surface area contributed by atoms with Crippen LogP contribution in [-0.4, -0.2) is 43.6 Å². The number of pyridine rings is 4. The van der Waals surface area contributed by atoms with E-state index in [1.807, 2.05) is 91.6 Å². The van der Waals surface area contributed by atoms with E-state index >= 15 is 0 Å². The van der Waals surface area contributed by atoms with Gasteiger partial charge in [0.1, 0.15) is 34.0 Å². The molecule has 0 aliphatic heterocycles. The maximum atomic E-state index is 6.95. The van der Waals surface area contributed by atoms with Gasteiger partial charge in [-0.15, -0.1) is 0 Å². The highest BCUT2D eigenvalue weighted by Gasteiger charge is 2.29. The monoisotopic (exact) mass is 1640 g/mol. The zero-order valence-electron chi connectivity index (χ0n) is 68.7. The highest BCUT2D eigenvalue weighted by Crippen LogP contribution is 2.51. The molecule has 0 amide bonds. The number of fused-ring (bicyclic) bond motifs is 22. The SMILES string of the molecule is c1ccc(-c2oc3c(ccc4c3c3ccccc3n4-c3cccc(-c4cnc5c(ccc6cccnc65)c4)c3)c2-c2ccccc2)cc1.c1ccc(-c2oc3c(ccc4c3c3ccccc3n4-c3cnc4c(ccc5cccnc54)c3)c2-c2ccccc2)cc1.c1ccc(-c2oc3c(ccc4c3c3ccccc3n4-c3ncc4ccccc4n3)c2-c2ccccc2)cc1. The average molecular weight is 1640 g/mol. The molecule has 0 aliphatic rings. The fourth-order valence-electron chi connectivity index (χ4n) is 19.3. The Morgan fingerprint density at radius 2 is 0.570 bits per heavy atom. The molecule has 12 nitrogen and oxygen atoms in total. The Hall–Kier alpha value is -17.5. The van der Waals surface area contributed by atoms with Crippen LogP contribution in [0.25, 0.3) is 249 Å². The first kappa shape index (κ1) is 73.3. The lowest BCUT2D eigenvalue weighted by atomic mass is 9.98. The first-order valence-corrected chi connectivity index (χ1v) is 42.9. The predicted octanol–water partition coefficient (Wildman–Crippen LogP) is 30.4. The summed E-state index contributed by atoms with van der Waals surface area (Å²) in [6.07, 6.45) is 9.47. The van der Waals surface area contributed by atoms with Gasteiger partial charge in [-0.3, -0.25) is 24.5 Å². The Morgan fingerprint density at radius 3 is 1.05 bits per heavy atom. The molecule has 0 atom stereocenters. The normalized spacial score (nSPS) is 11.8. The van der Waals surface area contributed by atoms with Gasteiger partial charge in [-0.2, -0.15) is 0 Å².